The maximum Gasteiger partial charge on any atom is 0.140 e. The molecular formula is C13H7BrN4. The highest BCUT2D eigenvalue weighted by molar-refractivity contribution is 9.10. The minimum absolute atomic E-state index is 0.357. The van der Waals surface area contributed by atoms with E-state index in [1.807, 2.05) is 12.1 Å². The van der Waals surface area contributed by atoms with Crippen molar-refractivity contribution in [2.24, 2.45) is 0 Å². The van der Waals surface area contributed by atoms with Crippen molar-refractivity contribution in [2.45, 2.75) is 0 Å². The molecule has 0 saturated carbocycles. The van der Waals surface area contributed by atoms with Crippen LogP contribution in [-0.2, 0) is 0 Å². The molecule has 0 aliphatic heterocycles. The van der Waals surface area contributed by atoms with Crippen molar-refractivity contribution in [3.63, 3.8) is 0 Å². The summed E-state index contributed by atoms with van der Waals surface area (Å²) in [5, 5.41) is 20.8. The monoisotopic (exact) mass is 298 g/mol. The fourth-order valence-electron chi connectivity index (χ4n) is 1.41. The molecule has 0 spiro atoms. The molecule has 0 bridgehead atoms. The van der Waals surface area contributed by atoms with E-state index in [0.717, 1.165) is 10.2 Å². The van der Waals surface area contributed by atoms with E-state index >= 15 is 0 Å². The van der Waals surface area contributed by atoms with Crippen LogP contribution in [0.25, 0.3) is 0 Å². The van der Waals surface area contributed by atoms with E-state index in [2.05, 4.69) is 32.3 Å². The summed E-state index contributed by atoms with van der Waals surface area (Å²) in [5.41, 5.74) is 2.32. The molecule has 2 rings (SSSR count). The molecule has 1 N–H and O–H groups in total. The Labute approximate surface area is 113 Å². The number of rotatable bonds is 2. The maximum atomic E-state index is 9.01. The second kappa shape index (κ2) is 5.31. The number of nitrogens with zero attached hydrogens (tertiary/aromatic N) is 3. The van der Waals surface area contributed by atoms with E-state index in [1.165, 1.54) is 0 Å². The third kappa shape index (κ3) is 2.65. The Kier molecular flexibility index (Phi) is 3.57. The van der Waals surface area contributed by atoms with Gasteiger partial charge in [-0.05, 0) is 30.3 Å². The number of hydrogen-bond acceptors (Lipinski definition) is 4. The largest absolute Gasteiger partial charge is 0.353 e. The van der Waals surface area contributed by atoms with Crippen LogP contribution in [0.2, 0.25) is 0 Å². The highest BCUT2D eigenvalue weighted by atomic mass is 79.9. The second-order valence-electron chi connectivity index (χ2n) is 3.47. The van der Waals surface area contributed by atoms with E-state index in [-0.39, 0.29) is 0 Å². The van der Waals surface area contributed by atoms with Crippen LogP contribution in [0.15, 0.2) is 41.0 Å². The zero-order valence-electron chi connectivity index (χ0n) is 9.18. The predicted octanol–water partition coefficient (Wildman–Crippen LogP) is 3.33. The number of hydrogen-bond donors (Lipinski definition) is 1. The molecule has 5 heteroatoms. The zero-order chi connectivity index (χ0) is 13.0. The van der Waals surface area contributed by atoms with Gasteiger partial charge in [-0.3, -0.25) is 0 Å². The number of anilines is 2. The average Bonchev–Trinajstić information content (AvgIpc) is 2.40. The van der Waals surface area contributed by atoms with Gasteiger partial charge < -0.3 is 5.32 Å². The Morgan fingerprint density at radius 1 is 1.11 bits per heavy atom. The van der Waals surface area contributed by atoms with Crippen molar-refractivity contribution in [1.82, 2.24) is 4.98 Å². The standard InChI is InChI=1S/C13H7BrN4/c14-10-2-1-9(6-15)13(5-10)18-12-4-3-11(7-16)17-8-12/h1-5,8,18H. The fraction of sp³-hybridized carbons (Fsp3) is 0. The average molecular weight is 299 g/mol. The summed E-state index contributed by atoms with van der Waals surface area (Å²) in [5.74, 6) is 0. The summed E-state index contributed by atoms with van der Waals surface area (Å²) in [4.78, 5) is 3.95. The SMILES string of the molecule is N#Cc1ccc(Nc2cc(Br)ccc2C#N)cn1. The molecule has 1 aromatic carbocycles. The number of nitriles is 2. The number of aromatic nitrogens is 1. The topological polar surface area (TPSA) is 72.5 Å². The number of pyridine rings is 1. The molecule has 86 valence electrons. The van der Waals surface area contributed by atoms with Crippen LogP contribution in [0.5, 0.6) is 0 Å². The lowest BCUT2D eigenvalue weighted by atomic mass is 10.2. The lowest BCUT2D eigenvalue weighted by Crippen LogP contribution is -1.95. The van der Waals surface area contributed by atoms with Gasteiger partial charge in [0.15, 0.2) is 0 Å². The van der Waals surface area contributed by atoms with Gasteiger partial charge in [0.1, 0.15) is 17.8 Å². The summed E-state index contributed by atoms with van der Waals surface area (Å²) >= 11 is 3.35. The maximum absolute atomic E-state index is 9.01. The minimum atomic E-state index is 0.357. The van der Waals surface area contributed by atoms with Crippen LogP contribution in [0.4, 0.5) is 11.4 Å². The fourth-order valence-corrected chi connectivity index (χ4v) is 1.77. The molecule has 0 fully saturated rings. The molecule has 0 saturated heterocycles. The van der Waals surface area contributed by atoms with Gasteiger partial charge in [0.2, 0.25) is 0 Å². The van der Waals surface area contributed by atoms with E-state index in [1.54, 1.807) is 30.5 Å². The molecule has 0 aliphatic carbocycles. The van der Waals surface area contributed by atoms with Crippen molar-refractivity contribution in [3.8, 4) is 12.1 Å². The highest BCUT2D eigenvalue weighted by Gasteiger charge is 2.03. The Morgan fingerprint density at radius 3 is 2.56 bits per heavy atom. The molecule has 1 aromatic heterocycles. The number of halogens is 1. The van der Waals surface area contributed by atoms with Crippen LogP contribution < -0.4 is 5.32 Å². The second-order valence-corrected chi connectivity index (χ2v) is 4.39. The smallest absolute Gasteiger partial charge is 0.140 e. The highest BCUT2D eigenvalue weighted by Crippen LogP contribution is 2.24. The van der Waals surface area contributed by atoms with Crippen LogP contribution in [0.3, 0.4) is 0 Å². The molecule has 0 unspecified atom stereocenters. The molecular weight excluding hydrogens is 292 g/mol. The van der Waals surface area contributed by atoms with Crippen molar-refractivity contribution < 1.29 is 0 Å². The predicted molar refractivity (Wildman–Crippen MR) is 71.1 cm³/mol. The summed E-state index contributed by atoms with van der Waals surface area (Å²) in [6.07, 6.45) is 1.56. The van der Waals surface area contributed by atoms with E-state index < -0.39 is 0 Å². The summed E-state index contributed by atoms with van der Waals surface area (Å²) < 4.78 is 0.880. The van der Waals surface area contributed by atoms with Gasteiger partial charge in [0.05, 0.1) is 23.1 Å². The van der Waals surface area contributed by atoms with Crippen molar-refractivity contribution in [3.05, 3.63) is 52.3 Å². The van der Waals surface area contributed by atoms with Gasteiger partial charge >= 0.3 is 0 Å². The lowest BCUT2D eigenvalue weighted by molar-refractivity contribution is 1.26. The van der Waals surface area contributed by atoms with Crippen LogP contribution >= 0.6 is 15.9 Å². The first-order chi connectivity index (χ1) is 8.72. The third-order valence-corrected chi connectivity index (χ3v) is 2.75. The molecule has 0 amide bonds. The molecule has 2 aromatic rings. The summed E-state index contributed by atoms with van der Waals surface area (Å²) in [7, 11) is 0. The van der Waals surface area contributed by atoms with Gasteiger partial charge in [0, 0.05) is 4.47 Å². The number of nitrogens with one attached hydrogen (secondary N) is 1. The Hall–Kier alpha value is -2.37. The lowest BCUT2D eigenvalue weighted by Gasteiger charge is -2.08. The van der Waals surface area contributed by atoms with Gasteiger partial charge in [0.25, 0.3) is 0 Å². The normalized spacial score (nSPS) is 9.28. The first-order valence-corrected chi connectivity index (χ1v) is 5.85. The third-order valence-electron chi connectivity index (χ3n) is 2.26. The van der Waals surface area contributed by atoms with Crippen molar-refractivity contribution in [2.75, 3.05) is 5.32 Å². The molecule has 1 heterocycles. The molecule has 0 atom stereocenters. The zero-order valence-corrected chi connectivity index (χ0v) is 10.8. The van der Waals surface area contributed by atoms with E-state index in [4.69, 9.17) is 10.5 Å². The van der Waals surface area contributed by atoms with Crippen LogP contribution in [0, 0.1) is 22.7 Å². The molecule has 18 heavy (non-hydrogen) atoms. The van der Waals surface area contributed by atoms with Gasteiger partial charge in [-0.15, -0.1) is 0 Å². The molecule has 4 nitrogen and oxygen atoms in total. The summed E-state index contributed by atoms with van der Waals surface area (Å²) in [6, 6.07) is 12.8. The first kappa shape index (κ1) is 12.1. The quantitative estimate of drug-likeness (QED) is 0.923. The Morgan fingerprint density at radius 2 is 1.94 bits per heavy atom. The molecule has 0 radical (unpaired) electrons. The Bertz CT molecular complexity index is 650. The van der Waals surface area contributed by atoms with Crippen molar-refractivity contribution >= 4 is 27.3 Å². The van der Waals surface area contributed by atoms with Crippen molar-refractivity contribution in [1.29, 1.82) is 10.5 Å². The molecule has 0 aliphatic rings. The van der Waals surface area contributed by atoms with Gasteiger partial charge in [-0.2, -0.15) is 10.5 Å². The first-order valence-electron chi connectivity index (χ1n) is 5.06. The van der Waals surface area contributed by atoms with E-state index in [0.29, 0.717) is 16.9 Å². The van der Waals surface area contributed by atoms with Gasteiger partial charge in [-0.1, -0.05) is 15.9 Å². The van der Waals surface area contributed by atoms with Crippen LogP contribution in [0.1, 0.15) is 11.3 Å². The minimum Gasteiger partial charge on any atom is -0.353 e. The number of benzene rings is 1. The Balaban J connectivity index is 2.31. The van der Waals surface area contributed by atoms with Gasteiger partial charge in [-0.25, -0.2) is 4.98 Å². The summed E-state index contributed by atoms with van der Waals surface area (Å²) in [6.45, 7) is 0. The van der Waals surface area contributed by atoms with Crippen LogP contribution in [-0.4, -0.2) is 4.98 Å². The van der Waals surface area contributed by atoms with E-state index in [9.17, 15) is 0 Å².